The molecule has 1 aliphatic heterocycles. The second-order valence-corrected chi connectivity index (χ2v) is 21.3. The van der Waals surface area contributed by atoms with Crippen molar-refractivity contribution in [3.8, 4) is 22.3 Å². The lowest BCUT2D eigenvalue weighted by atomic mass is 9.39. The number of fused-ring (bicyclic) bond motifs is 12. The van der Waals surface area contributed by atoms with Crippen LogP contribution in [0.2, 0.25) is 0 Å². The molecule has 0 saturated carbocycles. The molecule has 2 heterocycles. The highest BCUT2D eigenvalue weighted by atomic mass is 16.3. The van der Waals surface area contributed by atoms with Crippen LogP contribution in [0.4, 0.5) is 11.4 Å². The molecule has 0 N–H and O–H groups in total. The summed E-state index contributed by atoms with van der Waals surface area (Å²) in [5.41, 5.74) is 30.9. The predicted octanol–water partition coefficient (Wildman–Crippen LogP) is 2.85. The molecule has 10 heteroatoms. The van der Waals surface area contributed by atoms with E-state index in [1.54, 1.807) is 0 Å². The highest BCUT2D eigenvalue weighted by Crippen LogP contribution is 2.57. The first-order valence-electron chi connectivity index (χ1n) is 26.6. The maximum Gasteiger partial charge on any atom is 0.191 e. The number of nitrogens with zero attached hydrogens (tertiary/aromatic N) is 1. The lowest BCUT2D eigenvalue weighted by Gasteiger charge is -2.46. The SMILES string of the molecule is Bc1c(B)c(B)c2c(c1B)Bc1c(B)c(B)c(C)c(B)c1C21c2ccccc2-c2ccc(N(/C(=C/C)c3c(C(=C)c4cccc5ccccc45)oc4ccccc34)c3ccc(-c4ccc5ccccc5c4)cc3)cc21. The number of para-hydroxylation sites is 1. The molecule has 13 rings (SSSR count). The van der Waals surface area contributed by atoms with Gasteiger partial charge in [-0.1, -0.05) is 191 Å². The highest BCUT2D eigenvalue weighted by molar-refractivity contribution is 6.81. The standard InChI is InChI=1S/C65H53B8NO/c1-4-50(52-47-20-10-12-23-51(47)75-64(52)34(2)43-21-13-17-38-15-7-8-18-44(38)43)74(41-28-26-37(27-29-41)40-25-24-36-14-5-6-16-39(36)32-40)42-30-31-46-45-19-9-11-22-48(45)65(49(46)33-42)53-55(66)35(3)56(67)60(71)62(53)73-63-54(65)57(68)58(69)59(70)61(63)72/h4-33,73H,2,66-72H2,1,3H3/b50-4+. The molecule has 0 saturated heterocycles. The fraction of sp³-hybridized carbons (Fsp3) is 0.0462. The molecule has 348 valence electrons. The van der Waals surface area contributed by atoms with E-state index in [0.29, 0.717) is 0 Å². The third-order valence-electron chi connectivity index (χ3n) is 18.0. The molecule has 0 fully saturated rings. The summed E-state index contributed by atoms with van der Waals surface area (Å²) in [6.45, 7) is 9.39. The van der Waals surface area contributed by atoms with Crippen molar-refractivity contribution in [1.82, 2.24) is 0 Å². The lowest BCUT2D eigenvalue weighted by Crippen LogP contribution is -2.69. The van der Waals surface area contributed by atoms with E-state index < -0.39 is 5.41 Å². The maximum atomic E-state index is 7.09. The normalized spacial score (nSPS) is 14.4. The van der Waals surface area contributed by atoms with Gasteiger partial charge >= 0.3 is 0 Å². The third kappa shape index (κ3) is 6.77. The van der Waals surface area contributed by atoms with Gasteiger partial charge in [-0.3, -0.25) is 0 Å². The zero-order valence-electron chi connectivity index (χ0n) is 44.6. The molecule has 75 heavy (non-hydrogen) atoms. The van der Waals surface area contributed by atoms with Crippen LogP contribution in [-0.4, -0.2) is 62.2 Å². The first kappa shape index (κ1) is 46.8. The summed E-state index contributed by atoms with van der Waals surface area (Å²) in [6, 6.07) is 64.7. The van der Waals surface area contributed by atoms with Crippen molar-refractivity contribution < 1.29 is 4.42 Å². The molecule has 11 aromatic rings. The zero-order chi connectivity index (χ0) is 51.6. The van der Waals surface area contributed by atoms with Crippen molar-refractivity contribution >= 4 is 167 Å². The summed E-state index contributed by atoms with van der Waals surface area (Å²) in [7, 11) is 17.5. The Morgan fingerprint density at radius 2 is 1.12 bits per heavy atom. The number of furan rings is 1. The van der Waals surface area contributed by atoms with E-state index in [4.69, 9.17) is 11.0 Å². The average Bonchev–Trinajstić information content (AvgIpc) is 3.99. The molecule has 0 radical (unpaired) electrons. The molecular formula is C65H53B8NO. The van der Waals surface area contributed by atoms with Crippen molar-refractivity contribution in [3.05, 3.63) is 233 Å². The molecule has 1 unspecified atom stereocenters. The van der Waals surface area contributed by atoms with E-state index in [-0.39, 0.29) is 0 Å². The Labute approximate surface area is 448 Å². The monoisotopic (exact) mass is 951 g/mol. The molecule has 0 bridgehead atoms. The third-order valence-corrected chi connectivity index (χ3v) is 18.0. The molecule has 1 aliphatic carbocycles. The Hall–Kier alpha value is -7.94. The summed E-state index contributed by atoms with van der Waals surface area (Å²) >= 11 is 0. The van der Waals surface area contributed by atoms with Crippen molar-refractivity contribution in [2.75, 3.05) is 4.90 Å². The van der Waals surface area contributed by atoms with Crippen LogP contribution in [0.5, 0.6) is 0 Å². The van der Waals surface area contributed by atoms with Crippen LogP contribution in [0.15, 0.2) is 193 Å². The molecule has 0 amide bonds. The number of allylic oxidation sites excluding steroid dienone is 1. The van der Waals surface area contributed by atoms with Crippen LogP contribution in [0.25, 0.3) is 66.0 Å². The lowest BCUT2D eigenvalue weighted by molar-refractivity contribution is 0.599. The Morgan fingerprint density at radius 1 is 0.520 bits per heavy atom. The molecule has 1 aromatic heterocycles. The second kappa shape index (κ2) is 17.6. The minimum absolute atomic E-state index is 0.580. The molecular weight excluding hydrogens is 897 g/mol. The van der Waals surface area contributed by atoms with Crippen molar-refractivity contribution in [1.29, 1.82) is 0 Å². The van der Waals surface area contributed by atoms with E-state index in [1.807, 2.05) is 0 Å². The van der Waals surface area contributed by atoms with Gasteiger partial charge in [0.1, 0.15) is 66.3 Å². The van der Waals surface area contributed by atoms with Gasteiger partial charge in [0.05, 0.1) is 16.7 Å². The first-order chi connectivity index (χ1) is 36.4. The number of benzene rings is 10. The van der Waals surface area contributed by atoms with Crippen LogP contribution in [0.1, 0.15) is 51.6 Å². The van der Waals surface area contributed by atoms with E-state index in [0.717, 1.165) is 68.7 Å². The van der Waals surface area contributed by atoms with Crippen molar-refractivity contribution in [2.24, 2.45) is 0 Å². The van der Waals surface area contributed by atoms with Gasteiger partial charge in [0.2, 0.25) is 0 Å². The number of rotatable bonds is 7. The van der Waals surface area contributed by atoms with Gasteiger partial charge in [0.25, 0.3) is 0 Å². The average molecular weight is 951 g/mol. The van der Waals surface area contributed by atoms with E-state index in [2.05, 4.69) is 256 Å². The zero-order valence-corrected chi connectivity index (χ0v) is 44.6. The van der Waals surface area contributed by atoms with Gasteiger partial charge in [-0.2, -0.15) is 0 Å². The van der Waals surface area contributed by atoms with Gasteiger partial charge in [0.15, 0.2) is 7.28 Å². The largest absolute Gasteiger partial charge is 0.455 e. The Kier molecular flexibility index (Phi) is 11.0. The van der Waals surface area contributed by atoms with Crippen LogP contribution in [-0.2, 0) is 5.41 Å². The van der Waals surface area contributed by atoms with Crippen LogP contribution < -0.4 is 54.1 Å². The molecule has 2 aliphatic rings. The summed E-state index contributed by atoms with van der Waals surface area (Å²) in [5, 5.41) is 5.81. The molecule has 1 spiro atoms. The fourth-order valence-corrected chi connectivity index (χ4v) is 13.6. The van der Waals surface area contributed by atoms with Crippen molar-refractivity contribution in [2.45, 2.75) is 19.3 Å². The Balaban J connectivity index is 1.10. The van der Waals surface area contributed by atoms with Gasteiger partial charge in [-0.25, -0.2) is 0 Å². The maximum absolute atomic E-state index is 7.09. The summed E-state index contributed by atoms with van der Waals surface area (Å²) in [4.78, 5) is 2.49. The minimum Gasteiger partial charge on any atom is -0.455 e. The van der Waals surface area contributed by atoms with Crippen molar-refractivity contribution in [3.63, 3.8) is 0 Å². The van der Waals surface area contributed by atoms with Crippen LogP contribution in [0.3, 0.4) is 0 Å². The van der Waals surface area contributed by atoms with E-state index in [9.17, 15) is 0 Å². The summed E-state index contributed by atoms with van der Waals surface area (Å²) < 4.78 is 7.09. The van der Waals surface area contributed by atoms with E-state index >= 15 is 0 Å². The molecule has 2 nitrogen and oxygen atoms in total. The Morgan fingerprint density at radius 3 is 1.89 bits per heavy atom. The highest BCUT2D eigenvalue weighted by Gasteiger charge is 2.52. The quantitative estimate of drug-likeness (QED) is 0.229. The fourth-order valence-electron chi connectivity index (χ4n) is 13.6. The summed E-state index contributed by atoms with van der Waals surface area (Å²) in [6.07, 6.45) is 2.27. The number of hydrogen-bond acceptors (Lipinski definition) is 2. The Bertz CT molecular complexity index is 4230. The number of anilines is 2. The minimum atomic E-state index is -0.580. The number of hydrogen-bond donors (Lipinski definition) is 0. The van der Waals surface area contributed by atoms with Gasteiger partial charge in [-0.15, -0.1) is 16.4 Å². The summed E-state index contributed by atoms with van der Waals surface area (Å²) in [5.74, 6) is 0.757. The van der Waals surface area contributed by atoms with Gasteiger partial charge in [-0.05, 0) is 122 Å². The predicted molar refractivity (Wildman–Crippen MR) is 346 cm³/mol. The topological polar surface area (TPSA) is 16.4 Å². The first-order valence-corrected chi connectivity index (χ1v) is 26.6. The smallest absolute Gasteiger partial charge is 0.191 e. The van der Waals surface area contributed by atoms with Gasteiger partial charge in [0, 0.05) is 22.3 Å². The second-order valence-electron chi connectivity index (χ2n) is 21.3. The van der Waals surface area contributed by atoms with Crippen LogP contribution >= 0.6 is 0 Å². The van der Waals surface area contributed by atoms with Gasteiger partial charge < -0.3 is 9.32 Å². The molecule has 1 atom stereocenters. The van der Waals surface area contributed by atoms with E-state index in [1.165, 1.54) is 110 Å². The molecule has 10 aromatic carbocycles. The van der Waals surface area contributed by atoms with Crippen LogP contribution in [0, 0.1) is 6.92 Å².